The van der Waals surface area contributed by atoms with Gasteiger partial charge in [0.15, 0.2) is 10.3 Å². The molecule has 19 heavy (non-hydrogen) atoms. The van der Waals surface area contributed by atoms with Gasteiger partial charge in [0.2, 0.25) is 0 Å². The molecule has 3 nitrogen and oxygen atoms in total. The molecule has 0 aliphatic rings. The zero-order chi connectivity index (χ0) is 13.6. The molecule has 0 aliphatic heterocycles. The first kappa shape index (κ1) is 13.1. The molecule has 0 radical (unpaired) electrons. The summed E-state index contributed by atoms with van der Waals surface area (Å²) >= 11 is 9.45. The first-order valence-electron chi connectivity index (χ1n) is 5.97. The minimum atomic E-state index is 0.529. The Balaban J connectivity index is 2.42. The molecule has 0 aromatic carbocycles. The predicted molar refractivity (Wildman–Crippen MR) is 83.6 cm³/mol. The summed E-state index contributed by atoms with van der Waals surface area (Å²) in [6.45, 7) is 6.17. The molecule has 0 unspecified atom stereocenters. The maximum atomic E-state index is 6.28. The number of thioether (sulfide) groups is 1. The topological polar surface area (TPSA) is 38.7 Å². The Morgan fingerprint density at radius 3 is 2.79 bits per heavy atom. The molecule has 0 aliphatic carbocycles. The Bertz CT molecular complexity index is 782. The highest BCUT2D eigenvalue weighted by atomic mass is 35.5. The molecular weight excluding hydrogens is 298 g/mol. The van der Waals surface area contributed by atoms with E-state index in [0.29, 0.717) is 5.15 Å². The number of halogens is 1. The number of aromatic nitrogens is 3. The van der Waals surface area contributed by atoms with E-state index < -0.39 is 0 Å². The molecule has 3 rings (SSSR count). The van der Waals surface area contributed by atoms with Gasteiger partial charge in [-0.05, 0) is 31.2 Å². The zero-order valence-electron chi connectivity index (χ0n) is 10.8. The fourth-order valence-electron chi connectivity index (χ4n) is 2.12. The van der Waals surface area contributed by atoms with E-state index in [1.54, 1.807) is 23.1 Å². The van der Waals surface area contributed by atoms with Gasteiger partial charge >= 0.3 is 0 Å². The predicted octanol–water partition coefficient (Wildman–Crippen LogP) is 4.62. The molecule has 0 fully saturated rings. The third-order valence-electron chi connectivity index (χ3n) is 2.82. The van der Waals surface area contributed by atoms with Gasteiger partial charge in [-0.3, -0.25) is 0 Å². The van der Waals surface area contributed by atoms with Crippen molar-refractivity contribution in [3.8, 4) is 0 Å². The fraction of sp³-hybridized carbons (Fsp3) is 0.308. The standard InChI is InChI=1S/C13H12ClN3S2/c1-4-18-13-16-9-8-6(2)5-7(3)15-12(8)19-10(9)11(14)17-13/h5H,4H2,1-3H3. The van der Waals surface area contributed by atoms with Gasteiger partial charge < -0.3 is 0 Å². The van der Waals surface area contributed by atoms with E-state index in [1.165, 1.54) is 5.56 Å². The number of nitrogens with zero attached hydrogens (tertiary/aromatic N) is 3. The molecule has 0 amide bonds. The Kier molecular flexibility index (Phi) is 3.37. The molecule has 0 atom stereocenters. The molecule has 6 heteroatoms. The molecule has 0 saturated heterocycles. The van der Waals surface area contributed by atoms with Crippen LogP contribution in [0.4, 0.5) is 0 Å². The summed E-state index contributed by atoms with van der Waals surface area (Å²) in [5.74, 6) is 0.931. The van der Waals surface area contributed by atoms with Gasteiger partial charge in [-0.25, -0.2) is 15.0 Å². The SMILES string of the molecule is CCSc1nc(Cl)c2sc3nc(C)cc(C)c3c2n1. The second kappa shape index (κ2) is 4.89. The highest BCUT2D eigenvalue weighted by molar-refractivity contribution is 7.99. The highest BCUT2D eigenvalue weighted by Gasteiger charge is 2.15. The molecular formula is C13H12ClN3S2. The normalized spacial score (nSPS) is 11.6. The van der Waals surface area contributed by atoms with Gasteiger partial charge in [0.1, 0.15) is 4.83 Å². The number of hydrogen-bond donors (Lipinski definition) is 0. The van der Waals surface area contributed by atoms with Crippen LogP contribution < -0.4 is 0 Å². The van der Waals surface area contributed by atoms with E-state index in [9.17, 15) is 0 Å². The minimum absolute atomic E-state index is 0.529. The van der Waals surface area contributed by atoms with Crippen LogP contribution in [0.25, 0.3) is 20.4 Å². The molecule has 0 N–H and O–H groups in total. The van der Waals surface area contributed by atoms with E-state index in [-0.39, 0.29) is 0 Å². The second-order valence-corrected chi connectivity index (χ2v) is 6.86. The van der Waals surface area contributed by atoms with Crippen molar-refractivity contribution >= 4 is 55.1 Å². The number of thiophene rings is 1. The Labute approximate surface area is 124 Å². The van der Waals surface area contributed by atoms with Crippen LogP contribution in [0.2, 0.25) is 5.15 Å². The van der Waals surface area contributed by atoms with Crippen LogP contribution in [-0.4, -0.2) is 20.7 Å². The highest BCUT2D eigenvalue weighted by Crippen LogP contribution is 2.37. The van der Waals surface area contributed by atoms with Crippen LogP contribution in [0.1, 0.15) is 18.2 Å². The number of hydrogen-bond acceptors (Lipinski definition) is 5. The summed E-state index contributed by atoms with van der Waals surface area (Å²) < 4.78 is 0.929. The number of fused-ring (bicyclic) bond motifs is 3. The van der Waals surface area contributed by atoms with Crippen molar-refractivity contribution in [2.24, 2.45) is 0 Å². The minimum Gasteiger partial charge on any atom is -0.242 e. The van der Waals surface area contributed by atoms with E-state index in [2.05, 4.69) is 34.9 Å². The van der Waals surface area contributed by atoms with Crippen molar-refractivity contribution in [1.29, 1.82) is 0 Å². The van der Waals surface area contributed by atoms with Gasteiger partial charge in [0.25, 0.3) is 0 Å². The lowest BCUT2D eigenvalue weighted by Gasteiger charge is -2.01. The lowest BCUT2D eigenvalue weighted by molar-refractivity contribution is 1.01. The first-order chi connectivity index (χ1) is 9.10. The maximum Gasteiger partial charge on any atom is 0.189 e. The van der Waals surface area contributed by atoms with Crippen molar-refractivity contribution < 1.29 is 0 Å². The van der Waals surface area contributed by atoms with Gasteiger partial charge in [0.05, 0.1) is 10.2 Å². The summed E-state index contributed by atoms with van der Waals surface area (Å²) in [4.78, 5) is 14.5. The van der Waals surface area contributed by atoms with Crippen LogP contribution in [0.3, 0.4) is 0 Å². The van der Waals surface area contributed by atoms with Crippen LogP contribution in [0.15, 0.2) is 11.2 Å². The zero-order valence-corrected chi connectivity index (χ0v) is 13.2. The summed E-state index contributed by atoms with van der Waals surface area (Å²) in [6, 6.07) is 2.08. The van der Waals surface area contributed by atoms with Crippen LogP contribution >= 0.6 is 34.7 Å². The fourth-order valence-corrected chi connectivity index (χ4v) is 4.14. The number of rotatable bonds is 2. The maximum absolute atomic E-state index is 6.28. The Morgan fingerprint density at radius 2 is 2.05 bits per heavy atom. The third-order valence-corrected chi connectivity index (χ3v) is 5.02. The first-order valence-corrected chi connectivity index (χ1v) is 8.15. The van der Waals surface area contributed by atoms with E-state index >= 15 is 0 Å². The lowest BCUT2D eigenvalue weighted by atomic mass is 10.1. The Morgan fingerprint density at radius 1 is 1.26 bits per heavy atom. The molecule has 3 heterocycles. The van der Waals surface area contributed by atoms with Crippen molar-refractivity contribution in [2.75, 3.05) is 5.75 Å². The largest absolute Gasteiger partial charge is 0.242 e. The van der Waals surface area contributed by atoms with Crippen molar-refractivity contribution in [3.05, 3.63) is 22.5 Å². The van der Waals surface area contributed by atoms with E-state index in [0.717, 1.165) is 37.0 Å². The van der Waals surface area contributed by atoms with Gasteiger partial charge in [-0.15, -0.1) is 11.3 Å². The molecule has 0 saturated carbocycles. The summed E-state index contributed by atoms with van der Waals surface area (Å²) in [6.07, 6.45) is 0. The third kappa shape index (κ3) is 2.20. The quantitative estimate of drug-likeness (QED) is 0.393. The lowest BCUT2D eigenvalue weighted by Crippen LogP contribution is -1.89. The van der Waals surface area contributed by atoms with E-state index in [1.807, 2.05) is 6.92 Å². The van der Waals surface area contributed by atoms with Crippen molar-refractivity contribution in [1.82, 2.24) is 15.0 Å². The van der Waals surface area contributed by atoms with Gasteiger partial charge in [-0.1, -0.05) is 30.3 Å². The summed E-state index contributed by atoms with van der Waals surface area (Å²) in [5.41, 5.74) is 3.14. The Hall–Kier alpha value is -0.910. The second-order valence-electron chi connectivity index (χ2n) is 4.27. The van der Waals surface area contributed by atoms with Gasteiger partial charge in [0, 0.05) is 11.1 Å². The monoisotopic (exact) mass is 309 g/mol. The average molecular weight is 310 g/mol. The van der Waals surface area contributed by atoms with Gasteiger partial charge in [-0.2, -0.15) is 0 Å². The summed E-state index contributed by atoms with van der Waals surface area (Å²) in [5, 5.41) is 2.37. The van der Waals surface area contributed by atoms with Crippen molar-refractivity contribution in [3.63, 3.8) is 0 Å². The molecule has 0 bridgehead atoms. The van der Waals surface area contributed by atoms with Crippen molar-refractivity contribution in [2.45, 2.75) is 25.9 Å². The van der Waals surface area contributed by atoms with Crippen LogP contribution in [-0.2, 0) is 0 Å². The molecule has 98 valence electrons. The average Bonchev–Trinajstić information content (AvgIpc) is 2.68. The smallest absolute Gasteiger partial charge is 0.189 e. The number of aryl methyl sites for hydroxylation is 2. The molecule has 0 spiro atoms. The molecule has 3 aromatic heterocycles. The van der Waals surface area contributed by atoms with Crippen LogP contribution in [0.5, 0.6) is 0 Å². The van der Waals surface area contributed by atoms with E-state index in [4.69, 9.17) is 11.6 Å². The molecule has 3 aromatic rings. The van der Waals surface area contributed by atoms with Crippen LogP contribution in [0, 0.1) is 13.8 Å². The number of pyridine rings is 1. The summed E-state index contributed by atoms with van der Waals surface area (Å²) in [7, 11) is 0.